The molecule has 0 aromatic carbocycles. The summed E-state index contributed by atoms with van der Waals surface area (Å²) in [4.78, 5) is 27.9. The van der Waals surface area contributed by atoms with Gasteiger partial charge in [-0.2, -0.15) is 0 Å². The molecule has 0 aromatic heterocycles. The molecular formula is C13H20N2O3. The van der Waals surface area contributed by atoms with E-state index in [0.29, 0.717) is 6.42 Å². The van der Waals surface area contributed by atoms with Crippen molar-refractivity contribution in [1.82, 2.24) is 9.80 Å². The molecule has 0 bridgehead atoms. The van der Waals surface area contributed by atoms with Crippen LogP contribution in [0, 0.1) is 11.8 Å². The lowest BCUT2D eigenvalue weighted by molar-refractivity contribution is -0.145. The van der Waals surface area contributed by atoms with Crippen LogP contribution >= 0.6 is 0 Å². The number of hydrogen-bond donors (Lipinski definition) is 0. The van der Waals surface area contributed by atoms with Gasteiger partial charge in [0.25, 0.3) is 0 Å². The predicted octanol–water partition coefficient (Wildman–Crippen LogP) is 0.102. The van der Waals surface area contributed by atoms with E-state index in [1.165, 1.54) is 20.0 Å². The van der Waals surface area contributed by atoms with Crippen LogP contribution in [0.1, 0.15) is 19.3 Å². The third-order valence-electron chi connectivity index (χ3n) is 4.30. The number of piperazine rings is 1. The van der Waals surface area contributed by atoms with Crippen molar-refractivity contribution in [3.05, 3.63) is 0 Å². The zero-order valence-corrected chi connectivity index (χ0v) is 10.8. The predicted molar refractivity (Wildman–Crippen MR) is 64.8 cm³/mol. The van der Waals surface area contributed by atoms with E-state index in [1.54, 1.807) is 0 Å². The highest BCUT2D eigenvalue weighted by atomic mass is 16.5. The second-order valence-corrected chi connectivity index (χ2v) is 5.56. The van der Waals surface area contributed by atoms with Gasteiger partial charge >= 0.3 is 5.97 Å². The average Bonchev–Trinajstić information content (AvgIpc) is 3.30. The quantitative estimate of drug-likeness (QED) is 0.669. The van der Waals surface area contributed by atoms with Gasteiger partial charge in [-0.25, -0.2) is 0 Å². The zero-order chi connectivity index (χ0) is 12.7. The molecule has 2 aliphatic carbocycles. The molecule has 0 N–H and O–H groups in total. The average molecular weight is 252 g/mol. The minimum Gasteiger partial charge on any atom is -0.469 e. The van der Waals surface area contributed by atoms with Gasteiger partial charge in [0.05, 0.1) is 18.9 Å². The number of ether oxygens (including phenoxy) is 1. The van der Waals surface area contributed by atoms with Gasteiger partial charge in [0.1, 0.15) is 0 Å². The lowest BCUT2D eigenvalue weighted by Gasteiger charge is -2.35. The first-order valence-corrected chi connectivity index (χ1v) is 6.81. The van der Waals surface area contributed by atoms with Gasteiger partial charge in [-0.15, -0.1) is 0 Å². The van der Waals surface area contributed by atoms with Crippen LogP contribution < -0.4 is 0 Å². The van der Waals surface area contributed by atoms with E-state index in [1.807, 2.05) is 4.90 Å². The summed E-state index contributed by atoms with van der Waals surface area (Å²) in [5.74, 6) is -0.361. The Morgan fingerprint density at radius 1 is 1.06 bits per heavy atom. The Hall–Kier alpha value is -1.10. The van der Waals surface area contributed by atoms with Crippen LogP contribution in [-0.4, -0.2) is 61.0 Å². The van der Waals surface area contributed by atoms with Gasteiger partial charge in [-0.3, -0.25) is 14.5 Å². The number of hydrogen-bond acceptors (Lipinski definition) is 4. The lowest BCUT2D eigenvalue weighted by atomic mass is 10.2. The van der Waals surface area contributed by atoms with Crippen molar-refractivity contribution in [2.45, 2.75) is 25.3 Å². The van der Waals surface area contributed by atoms with Crippen molar-refractivity contribution in [1.29, 1.82) is 0 Å². The summed E-state index contributed by atoms with van der Waals surface area (Å²) in [6.45, 7) is 3.62. The second-order valence-electron chi connectivity index (χ2n) is 5.56. The molecule has 5 nitrogen and oxygen atoms in total. The highest BCUT2D eigenvalue weighted by Crippen LogP contribution is 2.41. The SMILES string of the molecule is COC(=O)[C@@H]1C[C@@H]1C(=O)N1CCN(C2CC2)CC1. The van der Waals surface area contributed by atoms with Gasteiger partial charge in [0, 0.05) is 32.2 Å². The molecule has 1 saturated heterocycles. The highest BCUT2D eigenvalue weighted by Gasteiger charge is 2.50. The summed E-state index contributed by atoms with van der Waals surface area (Å²) in [7, 11) is 1.39. The van der Waals surface area contributed by atoms with Crippen molar-refractivity contribution in [3.8, 4) is 0 Å². The molecule has 5 heteroatoms. The maximum atomic E-state index is 12.2. The van der Waals surface area contributed by atoms with E-state index in [2.05, 4.69) is 9.64 Å². The largest absolute Gasteiger partial charge is 0.469 e. The van der Waals surface area contributed by atoms with E-state index in [4.69, 9.17) is 0 Å². The summed E-state index contributed by atoms with van der Waals surface area (Å²) >= 11 is 0. The Bertz CT molecular complexity index is 359. The molecule has 3 fully saturated rings. The van der Waals surface area contributed by atoms with Crippen LogP contribution in [-0.2, 0) is 14.3 Å². The molecule has 0 radical (unpaired) electrons. The summed E-state index contributed by atoms with van der Waals surface area (Å²) in [5, 5.41) is 0. The van der Waals surface area contributed by atoms with Crippen molar-refractivity contribution >= 4 is 11.9 Å². The fourth-order valence-electron chi connectivity index (χ4n) is 2.86. The second kappa shape index (κ2) is 4.53. The molecule has 3 rings (SSSR count). The van der Waals surface area contributed by atoms with E-state index in [0.717, 1.165) is 32.2 Å². The van der Waals surface area contributed by atoms with Crippen LogP contribution in [0.25, 0.3) is 0 Å². The monoisotopic (exact) mass is 252 g/mol. The van der Waals surface area contributed by atoms with Crippen molar-refractivity contribution in [3.63, 3.8) is 0 Å². The first kappa shape index (κ1) is 12.0. The van der Waals surface area contributed by atoms with E-state index in [9.17, 15) is 9.59 Å². The van der Waals surface area contributed by atoms with Crippen LogP contribution in [0.4, 0.5) is 0 Å². The molecule has 2 atom stereocenters. The van der Waals surface area contributed by atoms with Gasteiger partial charge < -0.3 is 9.64 Å². The highest BCUT2D eigenvalue weighted by molar-refractivity contribution is 5.90. The summed E-state index contributed by atoms with van der Waals surface area (Å²) in [5.41, 5.74) is 0. The summed E-state index contributed by atoms with van der Waals surface area (Å²) in [6, 6.07) is 0.783. The van der Waals surface area contributed by atoms with Crippen LogP contribution in [0.5, 0.6) is 0 Å². The fourth-order valence-corrected chi connectivity index (χ4v) is 2.86. The molecule has 0 spiro atoms. The number of esters is 1. The Kier molecular flexibility index (Phi) is 3.01. The Balaban J connectivity index is 1.48. The zero-order valence-electron chi connectivity index (χ0n) is 10.8. The van der Waals surface area contributed by atoms with E-state index < -0.39 is 0 Å². The first-order valence-electron chi connectivity index (χ1n) is 6.81. The normalized spacial score (nSPS) is 32.2. The Morgan fingerprint density at radius 3 is 2.28 bits per heavy atom. The first-order chi connectivity index (χ1) is 8.70. The maximum Gasteiger partial charge on any atom is 0.309 e. The third-order valence-corrected chi connectivity index (χ3v) is 4.30. The van der Waals surface area contributed by atoms with E-state index >= 15 is 0 Å². The molecule has 1 heterocycles. The summed E-state index contributed by atoms with van der Waals surface area (Å²) < 4.78 is 4.68. The molecule has 0 unspecified atom stereocenters. The van der Waals surface area contributed by atoms with Gasteiger partial charge in [-0.1, -0.05) is 0 Å². The molecule has 3 aliphatic rings. The number of rotatable bonds is 3. The minimum atomic E-state index is -0.232. The lowest BCUT2D eigenvalue weighted by Crippen LogP contribution is -2.50. The molecule has 1 amide bonds. The summed E-state index contributed by atoms with van der Waals surface area (Å²) in [6.07, 6.45) is 3.32. The van der Waals surface area contributed by atoms with Gasteiger partial charge in [0.2, 0.25) is 5.91 Å². The molecule has 100 valence electrons. The topological polar surface area (TPSA) is 49.9 Å². The molecule has 1 aliphatic heterocycles. The van der Waals surface area contributed by atoms with Crippen molar-refractivity contribution in [2.75, 3.05) is 33.3 Å². The molecule has 0 aromatic rings. The smallest absolute Gasteiger partial charge is 0.309 e. The van der Waals surface area contributed by atoms with Crippen LogP contribution in [0.2, 0.25) is 0 Å². The standard InChI is InChI=1S/C13H20N2O3/c1-18-13(17)11-8-10(11)12(16)15-6-4-14(5-7-15)9-2-3-9/h9-11H,2-8H2,1H3/t10-,11+/m0/s1. The van der Waals surface area contributed by atoms with Gasteiger partial charge in [-0.05, 0) is 19.3 Å². The maximum absolute atomic E-state index is 12.2. The molecular weight excluding hydrogens is 232 g/mol. The van der Waals surface area contributed by atoms with Crippen molar-refractivity contribution in [2.24, 2.45) is 11.8 Å². The minimum absolute atomic E-state index is 0.107. The number of methoxy groups -OCH3 is 1. The number of nitrogens with zero attached hydrogens (tertiary/aromatic N) is 2. The van der Waals surface area contributed by atoms with Crippen LogP contribution in [0.15, 0.2) is 0 Å². The fraction of sp³-hybridized carbons (Fsp3) is 0.846. The van der Waals surface area contributed by atoms with Crippen molar-refractivity contribution < 1.29 is 14.3 Å². The third kappa shape index (κ3) is 2.23. The number of carbonyl (C=O) groups is 2. The molecule has 18 heavy (non-hydrogen) atoms. The van der Waals surface area contributed by atoms with Gasteiger partial charge in [0.15, 0.2) is 0 Å². The Morgan fingerprint density at radius 2 is 1.72 bits per heavy atom. The van der Waals surface area contributed by atoms with Crippen LogP contribution in [0.3, 0.4) is 0 Å². The molecule has 2 saturated carbocycles. The Labute approximate surface area is 107 Å². The van der Waals surface area contributed by atoms with E-state index in [-0.39, 0.29) is 23.7 Å². The number of carbonyl (C=O) groups excluding carboxylic acids is 2. The number of amides is 1.